The van der Waals surface area contributed by atoms with Crippen LogP contribution in [-0.2, 0) is 15.6 Å². The van der Waals surface area contributed by atoms with Gasteiger partial charge in [0, 0.05) is 35.6 Å². The number of allylic oxidation sites excluding steroid dienone is 8. The van der Waals surface area contributed by atoms with Crippen LogP contribution in [0, 0.1) is 0 Å². The van der Waals surface area contributed by atoms with Gasteiger partial charge in [0.05, 0.1) is 6.42 Å². The van der Waals surface area contributed by atoms with Crippen molar-refractivity contribution in [2.45, 2.75) is 64.7 Å². The van der Waals surface area contributed by atoms with Crippen LogP contribution in [0.2, 0.25) is 0 Å². The maximum atomic E-state index is 11.1. The Morgan fingerprint density at radius 3 is 2.24 bits per heavy atom. The molecule has 0 aromatic heterocycles. The first-order chi connectivity index (χ1) is 21.6. The van der Waals surface area contributed by atoms with Gasteiger partial charge in [0.15, 0.2) is 0 Å². The number of benzene rings is 4. The van der Waals surface area contributed by atoms with Gasteiger partial charge in [0.1, 0.15) is 0 Å². The number of carboxylic acids is 1. The molecular formula is C41H46N2O2. The van der Waals surface area contributed by atoms with Crippen molar-refractivity contribution in [2.75, 3.05) is 23.3 Å². The molecule has 5 rings (SSSR count). The van der Waals surface area contributed by atoms with Crippen LogP contribution in [-0.4, -0.2) is 24.2 Å². The number of nitrogens with one attached hydrogen (secondary N) is 1. The minimum Gasteiger partial charge on any atom is -0.481 e. The van der Waals surface area contributed by atoms with E-state index in [4.69, 9.17) is 5.11 Å². The standard InChI is InChI=1S/C41H46N2O2/c1-6-29-43-35-25-23-31-18-13-15-20-33(31)39(35)41(4,5)36(43)21-11-9-7-8-10-16-27-40(2,3)38-32-19-14-12-17-30(32)22-24-34(38)42-28-26-37(44)45/h7-25,42H,6,26-29H2,1-5H3,(H,44,45)/b8-7+,11-9+,16-10+,36-21+. The van der Waals surface area contributed by atoms with Crippen molar-refractivity contribution in [3.05, 3.63) is 132 Å². The maximum Gasteiger partial charge on any atom is 0.305 e. The number of hydrogen-bond donors (Lipinski definition) is 2. The Morgan fingerprint density at radius 2 is 1.51 bits per heavy atom. The molecule has 0 spiro atoms. The molecule has 0 atom stereocenters. The lowest BCUT2D eigenvalue weighted by Gasteiger charge is -2.29. The van der Waals surface area contributed by atoms with Crippen molar-refractivity contribution in [3.63, 3.8) is 0 Å². The van der Waals surface area contributed by atoms with E-state index in [1.54, 1.807) is 0 Å². The molecule has 0 fully saturated rings. The molecule has 232 valence electrons. The van der Waals surface area contributed by atoms with Gasteiger partial charge in [-0.2, -0.15) is 0 Å². The lowest BCUT2D eigenvalue weighted by atomic mass is 9.78. The number of hydrogen-bond acceptors (Lipinski definition) is 3. The van der Waals surface area contributed by atoms with Gasteiger partial charge in [-0.3, -0.25) is 4.79 Å². The largest absolute Gasteiger partial charge is 0.481 e. The van der Waals surface area contributed by atoms with Crippen molar-refractivity contribution in [2.24, 2.45) is 0 Å². The molecule has 0 saturated carbocycles. The highest BCUT2D eigenvalue weighted by atomic mass is 16.4. The highest BCUT2D eigenvalue weighted by Gasteiger charge is 2.40. The second kappa shape index (κ2) is 13.6. The molecular weight excluding hydrogens is 552 g/mol. The zero-order valence-electron chi connectivity index (χ0n) is 27.3. The second-order valence-electron chi connectivity index (χ2n) is 13.1. The summed E-state index contributed by atoms with van der Waals surface area (Å²) in [4.78, 5) is 13.6. The molecule has 4 aromatic carbocycles. The van der Waals surface area contributed by atoms with Crippen LogP contribution < -0.4 is 10.2 Å². The molecule has 0 saturated heterocycles. The summed E-state index contributed by atoms with van der Waals surface area (Å²) in [5, 5.41) is 17.5. The molecule has 45 heavy (non-hydrogen) atoms. The van der Waals surface area contributed by atoms with Crippen molar-refractivity contribution in [3.8, 4) is 0 Å². The van der Waals surface area contributed by atoms with E-state index in [-0.39, 0.29) is 17.3 Å². The van der Waals surface area contributed by atoms with Gasteiger partial charge in [0.25, 0.3) is 0 Å². The minimum atomic E-state index is -0.798. The van der Waals surface area contributed by atoms with Crippen molar-refractivity contribution < 1.29 is 9.90 Å². The van der Waals surface area contributed by atoms with E-state index in [9.17, 15) is 4.79 Å². The van der Waals surface area contributed by atoms with Gasteiger partial charge in [-0.1, -0.05) is 132 Å². The molecule has 1 aliphatic heterocycles. The highest BCUT2D eigenvalue weighted by Crippen LogP contribution is 2.50. The molecule has 0 radical (unpaired) electrons. The minimum absolute atomic E-state index is 0.0829. The Morgan fingerprint density at radius 1 is 0.867 bits per heavy atom. The summed E-state index contributed by atoms with van der Waals surface area (Å²) in [6, 6.07) is 25.9. The number of carbonyl (C=O) groups is 1. The molecule has 1 aliphatic rings. The summed E-state index contributed by atoms with van der Waals surface area (Å²) in [5.41, 5.74) is 6.05. The summed E-state index contributed by atoms with van der Waals surface area (Å²) in [6.07, 6.45) is 17.1. The van der Waals surface area contributed by atoms with Gasteiger partial charge in [-0.25, -0.2) is 0 Å². The summed E-state index contributed by atoms with van der Waals surface area (Å²) >= 11 is 0. The highest BCUT2D eigenvalue weighted by molar-refractivity contribution is 5.95. The Kier molecular flexibility index (Phi) is 9.63. The topological polar surface area (TPSA) is 52.6 Å². The monoisotopic (exact) mass is 598 g/mol. The molecule has 0 unspecified atom stereocenters. The maximum absolute atomic E-state index is 11.1. The lowest BCUT2D eigenvalue weighted by Crippen LogP contribution is -2.26. The fourth-order valence-electron chi connectivity index (χ4n) is 6.83. The van der Waals surface area contributed by atoms with E-state index < -0.39 is 5.97 Å². The molecule has 0 aliphatic carbocycles. The summed E-state index contributed by atoms with van der Waals surface area (Å²) < 4.78 is 0. The Bertz CT molecular complexity index is 1810. The summed E-state index contributed by atoms with van der Waals surface area (Å²) in [7, 11) is 0. The van der Waals surface area contributed by atoms with E-state index in [2.05, 4.69) is 160 Å². The van der Waals surface area contributed by atoms with E-state index in [1.807, 2.05) is 0 Å². The quantitative estimate of drug-likeness (QED) is 0.159. The number of rotatable bonds is 12. The average Bonchev–Trinajstić information content (AvgIpc) is 3.23. The molecule has 0 bridgehead atoms. The van der Waals surface area contributed by atoms with Crippen LogP contribution in [0.4, 0.5) is 11.4 Å². The van der Waals surface area contributed by atoms with Gasteiger partial charge in [0.2, 0.25) is 0 Å². The lowest BCUT2D eigenvalue weighted by molar-refractivity contribution is -0.136. The van der Waals surface area contributed by atoms with Gasteiger partial charge in [-0.05, 0) is 69.1 Å². The fourth-order valence-corrected chi connectivity index (χ4v) is 6.83. The molecule has 4 nitrogen and oxygen atoms in total. The Hall–Kier alpha value is -4.57. The number of fused-ring (bicyclic) bond motifs is 4. The van der Waals surface area contributed by atoms with Crippen LogP contribution >= 0.6 is 0 Å². The second-order valence-corrected chi connectivity index (χ2v) is 13.1. The van der Waals surface area contributed by atoms with Crippen molar-refractivity contribution >= 4 is 38.9 Å². The third-order valence-corrected chi connectivity index (χ3v) is 8.92. The van der Waals surface area contributed by atoms with E-state index >= 15 is 0 Å². The first-order valence-corrected chi connectivity index (χ1v) is 16.1. The van der Waals surface area contributed by atoms with E-state index in [1.165, 1.54) is 44.1 Å². The van der Waals surface area contributed by atoms with Crippen LogP contribution in [0.1, 0.15) is 65.0 Å². The predicted molar refractivity (Wildman–Crippen MR) is 192 cm³/mol. The number of carboxylic acid groups (broad SMARTS) is 1. The number of aliphatic carboxylic acids is 1. The van der Waals surface area contributed by atoms with Gasteiger partial charge in [-0.15, -0.1) is 0 Å². The van der Waals surface area contributed by atoms with E-state index in [0.29, 0.717) is 6.54 Å². The fraction of sp³-hybridized carbons (Fsp3) is 0.293. The molecule has 0 amide bonds. The first-order valence-electron chi connectivity index (χ1n) is 16.1. The molecule has 4 heteroatoms. The van der Waals surface area contributed by atoms with Crippen molar-refractivity contribution in [1.82, 2.24) is 0 Å². The van der Waals surface area contributed by atoms with E-state index in [0.717, 1.165) is 25.1 Å². The normalized spacial score (nSPS) is 15.8. The SMILES string of the molecule is CCCN1/C(=C/C=C/C=C/C=C/CC(C)(C)c2c(NCCC(=O)O)ccc3ccccc23)C(C)(C)c2c1ccc1ccccc21. The average molecular weight is 599 g/mol. The number of nitrogens with zero attached hydrogens (tertiary/aromatic N) is 1. The van der Waals surface area contributed by atoms with Crippen LogP contribution in [0.25, 0.3) is 21.5 Å². The third-order valence-electron chi connectivity index (χ3n) is 8.92. The van der Waals surface area contributed by atoms with Gasteiger partial charge < -0.3 is 15.3 Å². The van der Waals surface area contributed by atoms with Crippen molar-refractivity contribution in [1.29, 1.82) is 0 Å². The molecule has 1 heterocycles. The number of anilines is 2. The van der Waals surface area contributed by atoms with Crippen LogP contribution in [0.5, 0.6) is 0 Å². The van der Waals surface area contributed by atoms with Crippen LogP contribution in [0.3, 0.4) is 0 Å². The Balaban J connectivity index is 1.30. The Labute approximate surface area is 268 Å². The zero-order valence-corrected chi connectivity index (χ0v) is 27.3. The smallest absolute Gasteiger partial charge is 0.305 e. The zero-order chi connectivity index (χ0) is 32.0. The van der Waals surface area contributed by atoms with Gasteiger partial charge >= 0.3 is 5.97 Å². The predicted octanol–water partition coefficient (Wildman–Crippen LogP) is 10.3. The molecule has 4 aromatic rings. The summed E-state index contributed by atoms with van der Waals surface area (Å²) in [5.74, 6) is -0.798. The van der Waals surface area contributed by atoms with Crippen LogP contribution in [0.15, 0.2) is 121 Å². The first kappa shape index (κ1) is 31.8. The third kappa shape index (κ3) is 6.76. The molecule has 2 N–H and O–H groups in total. The summed E-state index contributed by atoms with van der Waals surface area (Å²) in [6.45, 7) is 12.8.